The molecule has 29 heavy (non-hydrogen) atoms. The lowest BCUT2D eigenvalue weighted by Gasteiger charge is -2.20. The molecular weight excluding hydrogens is 366 g/mol. The predicted octanol–water partition coefficient (Wildman–Crippen LogP) is 2.62. The van der Waals surface area contributed by atoms with Gasteiger partial charge in [0.1, 0.15) is 0 Å². The molecule has 1 saturated heterocycles. The van der Waals surface area contributed by atoms with Gasteiger partial charge in [-0.05, 0) is 35.7 Å². The van der Waals surface area contributed by atoms with E-state index in [0.717, 1.165) is 23.2 Å². The zero-order valence-electron chi connectivity index (χ0n) is 17.1. The first kappa shape index (κ1) is 20.6. The smallest absolute Gasteiger partial charge is 0.253 e. The Hall–Kier alpha value is -3.15. The van der Waals surface area contributed by atoms with E-state index in [1.807, 2.05) is 36.4 Å². The van der Waals surface area contributed by atoms with Gasteiger partial charge in [-0.2, -0.15) is 0 Å². The van der Waals surface area contributed by atoms with Crippen LogP contribution in [-0.4, -0.2) is 43.3 Å². The molecule has 1 heterocycles. The highest BCUT2D eigenvalue weighted by Gasteiger charge is 2.35. The first-order chi connectivity index (χ1) is 13.9. The first-order valence-electron chi connectivity index (χ1n) is 9.87. The summed E-state index contributed by atoms with van der Waals surface area (Å²) >= 11 is 0. The molecule has 2 aromatic carbocycles. The van der Waals surface area contributed by atoms with Crippen LogP contribution in [0, 0.1) is 5.92 Å². The molecule has 3 rings (SSSR count). The van der Waals surface area contributed by atoms with Crippen molar-refractivity contribution in [3.63, 3.8) is 0 Å². The topological polar surface area (TPSA) is 69.7 Å². The van der Waals surface area contributed by atoms with E-state index in [1.165, 1.54) is 4.90 Å². The van der Waals surface area contributed by atoms with Crippen LogP contribution in [0.5, 0.6) is 0 Å². The monoisotopic (exact) mass is 393 g/mol. The lowest BCUT2D eigenvalue weighted by atomic mass is 10.1. The highest BCUT2D eigenvalue weighted by atomic mass is 16.2. The third-order valence-corrected chi connectivity index (χ3v) is 5.23. The van der Waals surface area contributed by atoms with Crippen molar-refractivity contribution in [2.75, 3.05) is 25.5 Å². The van der Waals surface area contributed by atoms with E-state index in [0.29, 0.717) is 18.7 Å². The highest BCUT2D eigenvalue weighted by molar-refractivity contribution is 6.00. The average Bonchev–Trinajstić information content (AvgIpc) is 3.13. The van der Waals surface area contributed by atoms with E-state index < -0.39 is 0 Å². The number of nitrogens with zero attached hydrogens (tertiary/aromatic N) is 2. The van der Waals surface area contributed by atoms with Crippen molar-refractivity contribution >= 4 is 23.4 Å². The number of nitrogens with one attached hydrogen (secondary N) is 1. The summed E-state index contributed by atoms with van der Waals surface area (Å²) in [6.07, 6.45) is 1.06. The van der Waals surface area contributed by atoms with Crippen LogP contribution in [0.3, 0.4) is 0 Å². The van der Waals surface area contributed by atoms with Gasteiger partial charge in [0.15, 0.2) is 0 Å². The molecule has 0 radical (unpaired) electrons. The number of rotatable bonds is 6. The van der Waals surface area contributed by atoms with Gasteiger partial charge in [-0.3, -0.25) is 14.4 Å². The summed E-state index contributed by atoms with van der Waals surface area (Å²) in [4.78, 5) is 40.3. The van der Waals surface area contributed by atoms with Crippen LogP contribution >= 0.6 is 0 Å². The molecular formula is C23H27N3O3. The first-order valence-corrected chi connectivity index (χ1v) is 9.87. The van der Waals surface area contributed by atoms with Crippen LogP contribution in [-0.2, 0) is 22.6 Å². The fraction of sp³-hybridized carbons (Fsp3) is 0.348. The quantitative estimate of drug-likeness (QED) is 0.820. The van der Waals surface area contributed by atoms with Crippen molar-refractivity contribution in [1.82, 2.24) is 10.2 Å². The number of carbonyl (C=O) groups is 3. The minimum atomic E-state index is -0.359. The molecule has 1 atom stereocenters. The fourth-order valence-electron chi connectivity index (χ4n) is 3.55. The number of para-hydroxylation sites is 1. The van der Waals surface area contributed by atoms with Crippen molar-refractivity contribution in [2.24, 2.45) is 5.92 Å². The molecule has 0 spiro atoms. The molecule has 6 nitrogen and oxygen atoms in total. The minimum absolute atomic E-state index is 0.0161. The van der Waals surface area contributed by atoms with Gasteiger partial charge in [0.05, 0.1) is 5.92 Å². The Morgan fingerprint density at radius 1 is 1.10 bits per heavy atom. The molecule has 1 aliphatic rings. The van der Waals surface area contributed by atoms with E-state index in [9.17, 15) is 14.4 Å². The van der Waals surface area contributed by atoms with E-state index in [1.54, 1.807) is 31.1 Å². The van der Waals surface area contributed by atoms with Gasteiger partial charge >= 0.3 is 0 Å². The lowest BCUT2D eigenvalue weighted by molar-refractivity contribution is -0.126. The molecule has 1 fully saturated rings. The van der Waals surface area contributed by atoms with Crippen LogP contribution in [0.15, 0.2) is 48.5 Å². The van der Waals surface area contributed by atoms with Gasteiger partial charge in [0.25, 0.3) is 5.91 Å². The summed E-state index contributed by atoms with van der Waals surface area (Å²) in [6.45, 7) is 2.82. The molecule has 1 N–H and O–H groups in total. The summed E-state index contributed by atoms with van der Waals surface area (Å²) < 4.78 is 0. The molecule has 3 amide bonds. The molecule has 0 saturated carbocycles. The maximum Gasteiger partial charge on any atom is 0.253 e. The third-order valence-electron chi connectivity index (χ3n) is 5.23. The Bertz CT molecular complexity index is 906. The normalized spacial score (nSPS) is 16.0. The largest absolute Gasteiger partial charge is 0.352 e. The fourth-order valence-corrected chi connectivity index (χ4v) is 3.55. The Balaban J connectivity index is 1.59. The van der Waals surface area contributed by atoms with E-state index in [4.69, 9.17) is 0 Å². The van der Waals surface area contributed by atoms with Crippen LogP contribution in [0.25, 0.3) is 0 Å². The number of carbonyl (C=O) groups excluding carboxylic acids is 3. The summed E-state index contributed by atoms with van der Waals surface area (Å²) in [6, 6.07) is 15.0. The summed E-state index contributed by atoms with van der Waals surface area (Å²) in [7, 11) is 3.42. The Morgan fingerprint density at radius 3 is 2.45 bits per heavy atom. The second-order valence-electron chi connectivity index (χ2n) is 7.50. The lowest BCUT2D eigenvalue weighted by Crippen LogP contribution is -2.32. The Morgan fingerprint density at radius 2 is 1.79 bits per heavy atom. The van der Waals surface area contributed by atoms with Crippen LogP contribution in [0.2, 0.25) is 0 Å². The van der Waals surface area contributed by atoms with Gasteiger partial charge < -0.3 is 15.1 Å². The zero-order chi connectivity index (χ0) is 21.0. The summed E-state index contributed by atoms with van der Waals surface area (Å²) in [5, 5.41) is 2.92. The molecule has 0 aliphatic carbocycles. The Labute approximate surface area is 171 Å². The van der Waals surface area contributed by atoms with Gasteiger partial charge in [0, 0.05) is 44.9 Å². The molecule has 1 aliphatic heterocycles. The van der Waals surface area contributed by atoms with Crippen molar-refractivity contribution in [3.05, 3.63) is 65.2 Å². The van der Waals surface area contributed by atoms with Gasteiger partial charge in [-0.15, -0.1) is 0 Å². The van der Waals surface area contributed by atoms with Crippen LogP contribution in [0.1, 0.15) is 34.8 Å². The summed E-state index contributed by atoms with van der Waals surface area (Å²) in [5.74, 6) is -0.555. The molecule has 1 unspecified atom stereocenters. The van der Waals surface area contributed by atoms with E-state index in [-0.39, 0.29) is 30.1 Å². The highest BCUT2D eigenvalue weighted by Crippen LogP contribution is 2.28. The molecule has 2 aromatic rings. The predicted molar refractivity (Wildman–Crippen MR) is 113 cm³/mol. The zero-order valence-corrected chi connectivity index (χ0v) is 17.1. The minimum Gasteiger partial charge on any atom is -0.352 e. The maximum absolute atomic E-state index is 12.6. The number of amides is 3. The van der Waals surface area contributed by atoms with Crippen molar-refractivity contribution in [1.29, 1.82) is 0 Å². The van der Waals surface area contributed by atoms with Crippen molar-refractivity contribution in [2.45, 2.75) is 26.3 Å². The number of hydrogen-bond donors (Lipinski definition) is 1. The van der Waals surface area contributed by atoms with Gasteiger partial charge in [0.2, 0.25) is 11.8 Å². The van der Waals surface area contributed by atoms with Crippen molar-refractivity contribution in [3.8, 4) is 0 Å². The molecule has 0 aromatic heterocycles. The van der Waals surface area contributed by atoms with Crippen LogP contribution in [0.4, 0.5) is 5.69 Å². The number of aryl methyl sites for hydroxylation is 1. The SMILES string of the molecule is CCc1ccccc1N1CC(C(=O)NCc2ccc(C(=O)N(C)C)cc2)CC1=O. The maximum atomic E-state index is 12.6. The molecule has 152 valence electrons. The van der Waals surface area contributed by atoms with Crippen LogP contribution < -0.4 is 10.2 Å². The van der Waals surface area contributed by atoms with E-state index >= 15 is 0 Å². The molecule has 0 bridgehead atoms. The van der Waals surface area contributed by atoms with Gasteiger partial charge in [-0.25, -0.2) is 0 Å². The number of benzene rings is 2. The second kappa shape index (κ2) is 8.90. The van der Waals surface area contributed by atoms with E-state index in [2.05, 4.69) is 12.2 Å². The van der Waals surface area contributed by atoms with Gasteiger partial charge in [-0.1, -0.05) is 37.3 Å². The third kappa shape index (κ3) is 4.65. The average molecular weight is 393 g/mol. The summed E-state index contributed by atoms with van der Waals surface area (Å²) in [5.41, 5.74) is 3.52. The number of anilines is 1. The number of hydrogen-bond acceptors (Lipinski definition) is 3. The molecule has 6 heteroatoms. The second-order valence-corrected chi connectivity index (χ2v) is 7.50. The standard InChI is InChI=1S/C23H27N3O3/c1-4-17-7-5-6-8-20(17)26-15-19(13-21(26)27)22(28)24-14-16-9-11-18(12-10-16)23(29)25(2)3/h5-12,19H,4,13-15H2,1-3H3,(H,24,28). The Kier molecular flexibility index (Phi) is 6.32. The van der Waals surface area contributed by atoms with Crippen molar-refractivity contribution < 1.29 is 14.4 Å².